The minimum Gasteiger partial charge on any atom is -0.464 e. The Morgan fingerprint density at radius 2 is 1.15 bits per heavy atom. The predicted molar refractivity (Wildman–Crippen MR) is 172 cm³/mol. The van der Waals surface area contributed by atoms with E-state index in [0.717, 1.165) is 40.3 Å². The minimum atomic E-state index is -0.513. The van der Waals surface area contributed by atoms with Crippen molar-refractivity contribution in [3.8, 4) is 11.4 Å². The van der Waals surface area contributed by atoms with Crippen molar-refractivity contribution >= 4 is 78.9 Å². The number of nitrogens with two attached hydrogens (primary N) is 1. The topological polar surface area (TPSA) is 140 Å². The highest BCUT2D eigenvalue weighted by Gasteiger charge is 2.18. The van der Waals surface area contributed by atoms with Crippen LogP contribution in [0.15, 0.2) is 97.1 Å². The Balaban J connectivity index is 0.000000181. The van der Waals surface area contributed by atoms with Crippen LogP contribution in [0.2, 0.25) is 0 Å². The number of amides is 1. The zero-order valence-electron chi connectivity index (χ0n) is 21.3. The molecular weight excluding hydrogens is 734 g/mol. The second-order valence-electron chi connectivity index (χ2n) is 8.37. The predicted octanol–water partition coefficient (Wildman–Crippen LogP) is 6.31. The maximum absolute atomic E-state index is 11.8. The fourth-order valence-corrected chi connectivity index (χ4v) is 5.22. The van der Waals surface area contributed by atoms with Gasteiger partial charge < -0.3 is 16.6 Å². The monoisotopic (exact) mass is 758 g/mol. The third-order valence-corrected chi connectivity index (χ3v) is 7.23. The van der Waals surface area contributed by atoms with Gasteiger partial charge in [0.05, 0.1) is 29.5 Å². The van der Waals surface area contributed by atoms with Gasteiger partial charge in [-0.25, -0.2) is 14.2 Å². The number of hydrogen-bond acceptors (Lipinski definition) is 6. The van der Waals surface area contributed by atoms with E-state index >= 15 is 0 Å². The number of para-hydroxylation sites is 2. The Morgan fingerprint density at radius 3 is 1.60 bits per heavy atom. The van der Waals surface area contributed by atoms with Crippen LogP contribution >= 0.6 is 45.2 Å². The Labute approximate surface area is 257 Å². The molecule has 9 nitrogen and oxygen atoms in total. The molecule has 0 saturated carbocycles. The average Bonchev–Trinajstić information content (AvgIpc) is 3.53. The van der Waals surface area contributed by atoms with E-state index in [1.165, 1.54) is 7.11 Å². The molecule has 0 unspecified atom stereocenters. The number of hydrogen-bond donors (Lipinski definition) is 2. The summed E-state index contributed by atoms with van der Waals surface area (Å²) in [4.78, 5) is 23.3. The molecule has 5 N–H and O–H groups in total. The van der Waals surface area contributed by atoms with E-state index < -0.39 is 11.9 Å². The van der Waals surface area contributed by atoms with E-state index in [1.807, 2.05) is 97.1 Å². The van der Waals surface area contributed by atoms with Gasteiger partial charge in [-0.1, -0.05) is 48.5 Å². The number of methoxy groups -OCH3 is 1. The highest BCUT2D eigenvalue weighted by molar-refractivity contribution is 14.1. The summed E-state index contributed by atoms with van der Waals surface area (Å²) in [5, 5.41) is 10.3. The minimum absolute atomic E-state index is 0. The molecule has 0 aliphatic carbocycles. The number of benzene rings is 4. The van der Waals surface area contributed by atoms with Gasteiger partial charge in [-0.15, -0.1) is 0 Å². The number of esters is 1. The lowest BCUT2D eigenvalue weighted by molar-refractivity contribution is 0.0595. The number of fused-ring (bicyclic) bond motifs is 2. The highest BCUT2D eigenvalue weighted by Crippen LogP contribution is 2.24. The van der Waals surface area contributed by atoms with Crippen LogP contribution in [-0.2, 0) is 4.74 Å². The molecule has 0 fully saturated rings. The first kappa shape index (κ1) is 29.2. The average molecular weight is 758 g/mol. The summed E-state index contributed by atoms with van der Waals surface area (Å²) >= 11 is 4.49. The van der Waals surface area contributed by atoms with Crippen molar-refractivity contribution in [2.24, 2.45) is 5.73 Å². The highest BCUT2D eigenvalue weighted by atomic mass is 127. The molecule has 4 aromatic carbocycles. The van der Waals surface area contributed by atoms with Gasteiger partial charge in [0.1, 0.15) is 0 Å². The lowest BCUT2D eigenvalue weighted by Crippen LogP contribution is -2.12. The quantitative estimate of drug-likeness (QED) is 0.160. The Bertz CT molecular complexity index is 1850. The van der Waals surface area contributed by atoms with Gasteiger partial charge in [-0.05, 0) is 93.7 Å². The molecule has 0 radical (unpaired) electrons. The van der Waals surface area contributed by atoms with Crippen molar-refractivity contribution in [1.29, 1.82) is 0 Å². The van der Waals surface area contributed by atoms with Gasteiger partial charge in [-0.3, -0.25) is 4.79 Å². The summed E-state index contributed by atoms with van der Waals surface area (Å²) < 4.78 is 10.5. The molecule has 0 saturated heterocycles. The standard InChI is InChI=1S/C15H11IN2O2.C14H10IN3O.H3N/c1-20-15(19)14-12-7-2-3-8-13(12)18(17-14)11-6-4-5-10(16)9-11;15-9-4-3-5-10(8-9)18-12-7-2-1-6-11(12)13(17-18)14(16)19;/h2-9H,1H3;1-8H,(H2,16,19);1H3. The zero-order chi connectivity index (χ0) is 27.5. The van der Waals surface area contributed by atoms with Crippen molar-refractivity contribution < 1.29 is 14.3 Å². The number of aromatic nitrogens is 4. The van der Waals surface area contributed by atoms with Crippen LogP contribution in [0.5, 0.6) is 0 Å². The smallest absolute Gasteiger partial charge is 0.359 e. The third kappa shape index (κ3) is 5.85. The lowest BCUT2D eigenvalue weighted by atomic mass is 10.2. The van der Waals surface area contributed by atoms with Crippen LogP contribution in [0, 0.1) is 7.14 Å². The summed E-state index contributed by atoms with van der Waals surface area (Å²) in [6, 6.07) is 31.1. The molecule has 202 valence electrons. The van der Waals surface area contributed by atoms with Gasteiger partial charge >= 0.3 is 5.97 Å². The van der Waals surface area contributed by atoms with Crippen LogP contribution in [0.3, 0.4) is 0 Å². The molecular formula is C29H24I2N6O3. The number of halogens is 2. The van der Waals surface area contributed by atoms with E-state index in [-0.39, 0.29) is 6.15 Å². The Hall–Kier alpha value is -3.82. The van der Waals surface area contributed by atoms with E-state index in [9.17, 15) is 9.59 Å². The molecule has 40 heavy (non-hydrogen) atoms. The molecule has 0 spiro atoms. The van der Waals surface area contributed by atoms with Crippen LogP contribution in [0.1, 0.15) is 21.0 Å². The first-order valence-electron chi connectivity index (χ1n) is 11.7. The summed E-state index contributed by atoms with van der Waals surface area (Å²) in [5.74, 6) is -0.939. The van der Waals surface area contributed by atoms with E-state index in [2.05, 4.69) is 55.4 Å². The fraction of sp³-hybridized carbons (Fsp3) is 0.0345. The molecule has 0 atom stereocenters. The van der Waals surface area contributed by atoms with Gasteiger partial charge in [0, 0.05) is 17.9 Å². The van der Waals surface area contributed by atoms with Crippen LogP contribution in [0.25, 0.3) is 33.2 Å². The lowest BCUT2D eigenvalue weighted by Gasteiger charge is -2.03. The van der Waals surface area contributed by atoms with Gasteiger partial charge in [-0.2, -0.15) is 10.2 Å². The number of carbonyl (C=O) groups is 2. The van der Waals surface area contributed by atoms with Gasteiger partial charge in [0.2, 0.25) is 0 Å². The van der Waals surface area contributed by atoms with Crippen LogP contribution in [0.4, 0.5) is 0 Å². The molecule has 6 rings (SSSR count). The number of nitrogens with zero attached hydrogens (tertiary/aromatic N) is 4. The van der Waals surface area contributed by atoms with Crippen molar-refractivity contribution in [2.75, 3.05) is 7.11 Å². The van der Waals surface area contributed by atoms with Crippen molar-refractivity contribution in [2.45, 2.75) is 0 Å². The number of ether oxygens (including phenoxy) is 1. The molecule has 2 heterocycles. The second-order valence-corrected chi connectivity index (χ2v) is 10.9. The first-order valence-corrected chi connectivity index (χ1v) is 13.9. The van der Waals surface area contributed by atoms with Gasteiger partial charge in [0.15, 0.2) is 11.4 Å². The van der Waals surface area contributed by atoms with E-state index in [1.54, 1.807) is 9.36 Å². The Kier molecular flexibility index (Phi) is 9.17. The van der Waals surface area contributed by atoms with E-state index in [4.69, 9.17) is 10.5 Å². The molecule has 0 aliphatic rings. The van der Waals surface area contributed by atoms with Crippen LogP contribution in [-0.4, -0.2) is 38.5 Å². The van der Waals surface area contributed by atoms with Crippen molar-refractivity contribution in [3.05, 3.63) is 116 Å². The summed E-state index contributed by atoms with van der Waals surface area (Å²) in [7, 11) is 1.36. The van der Waals surface area contributed by atoms with Gasteiger partial charge in [0.25, 0.3) is 5.91 Å². The molecule has 6 aromatic rings. The normalized spacial score (nSPS) is 10.5. The SMILES string of the molecule is COC(=O)c1nn(-c2cccc(I)c2)c2ccccc12.N.NC(=O)c1nn(-c2cccc(I)c2)c2ccccc12. The van der Waals surface area contributed by atoms with Crippen molar-refractivity contribution in [3.63, 3.8) is 0 Å². The maximum atomic E-state index is 11.8. The maximum Gasteiger partial charge on any atom is 0.359 e. The zero-order valence-corrected chi connectivity index (χ0v) is 25.6. The van der Waals surface area contributed by atoms with Crippen LogP contribution < -0.4 is 11.9 Å². The number of primary amides is 1. The second kappa shape index (κ2) is 12.6. The van der Waals surface area contributed by atoms with Crippen molar-refractivity contribution in [1.82, 2.24) is 25.7 Å². The third-order valence-electron chi connectivity index (χ3n) is 5.89. The molecule has 11 heteroatoms. The first-order chi connectivity index (χ1) is 18.9. The summed E-state index contributed by atoms with van der Waals surface area (Å²) in [6.07, 6.45) is 0. The Morgan fingerprint density at radius 1 is 0.700 bits per heavy atom. The molecule has 1 amide bonds. The van der Waals surface area contributed by atoms with E-state index in [0.29, 0.717) is 11.4 Å². The largest absolute Gasteiger partial charge is 0.464 e. The summed E-state index contributed by atoms with van der Waals surface area (Å²) in [6.45, 7) is 0. The molecule has 0 bridgehead atoms. The number of rotatable bonds is 4. The number of carbonyl (C=O) groups excluding carboxylic acids is 2. The summed E-state index contributed by atoms with van der Waals surface area (Å²) in [5.41, 5.74) is 9.61. The molecule has 0 aliphatic heterocycles. The fourth-order valence-electron chi connectivity index (χ4n) is 4.17. The molecule has 2 aromatic heterocycles.